The number of halogens is 1. The first-order chi connectivity index (χ1) is 11.0. The Kier molecular flexibility index (Phi) is 4.33. The van der Waals surface area contributed by atoms with Crippen LogP contribution in [0.1, 0.15) is 12.5 Å². The first-order valence-corrected chi connectivity index (χ1v) is 8.31. The molecule has 0 aromatic heterocycles. The second-order valence-electron chi connectivity index (χ2n) is 5.40. The average Bonchev–Trinajstić information content (AvgIpc) is 2.53. The van der Waals surface area contributed by atoms with Crippen molar-refractivity contribution in [2.45, 2.75) is 23.1 Å². The van der Waals surface area contributed by atoms with E-state index in [4.69, 9.17) is 11.6 Å². The molecule has 2 aromatic rings. The Bertz CT molecular complexity index is 781. The van der Waals surface area contributed by atoms with Gasteiger partial charge in [-0.2, -0.15) is 0 Å². The summed E-state index contributed by atoms with van der Waals surface area (Å²) in [4.78, 5) is 25.8. The minimum atomic E-state index is -1.20. The average molecular weight is 347 g/mol. The van der Waals surface area contributed by atoms with Gasteiger partial charge < -0.3 is 10.6 Å². The number of hydrogen-bond acceptors (Lipinski definition) is 3. The van der Waals surface area contributed by atoms with Gasteiger partial charge in [-0.15, -0.1) is 0 Å². The number of nitrogens with one attached hydrogen (secondary N) is 2. The normalized spacial score (nSPS) is 19.7. The van der Waals surface area contributed by atoms with Crippen molar-refractivity contribution in [1.82, 2.24) is 5.32 Å². The van der Waals surface area contributed by atoms with Crippen molar-refractivity contribution < 1.29 is 9.59 Å². The molecule has 0 fully saturated rings. The number of rotatable bonds is 3. The number of carbonyl (C=O) groups excluding carboxylic acids is 2. The van der Waals surface area contributed by atoms with Crippen LogP contribution >= 0.6 is 23.4 Å². The zero-order valence-corrected chi connectivity index (χ0v) is 14.0. The minimum Gasteiger partial charge on any atom is -0.350 e. The Labute approximate surface area is 143 Å². The molecule has 0 saturated carbocycles. The molecular formula is C17H15ClN2O2S. The molecule has 0 saturated heterocycles. The van der Waals surface area contributed by atoms with E-state index in [0.717, 1.165) is 16.1 Å². The van der Waals surface area contributed by atoms with Gasteiger partial charge in [0, 0.05) is 16.5 Å². The number of thioether (sulfide) groups is 1. The molecule has 1 atom stereocenters. The number of carbonyl (C=O) groups is 2. The predicted octanol–water partition coefficient (Wildman–Crippen LogP) is 3.46. The maximum atomic E-state index is 12.6. The Balaban J connectivity index is 1.75. The summed E-state index contributed by atoms with van der Waals surface area (Å²) >= 11 is 7.20. The van der Waals surface area contributed by atoms with Crippen LogP contribution in [0.4, 0.5) is 5.69 Å². The van der Waals surface area contributed by atoms with Crippen LogP contribution in [0, 0.1) is 0 Å². The van der Waals surface area contributed by atoms with E-state index in [9.17, 15) is 9.59 Å². The van der Waals surface area contributed by atoms with E-state index in [1.54, 1.807) is 19.1 Å². The molecule has 6 heteroatoms. The van der Waals surface area contributed by atoms with Crippen LogP contribution in [0.5, 0.6) is 0 Å². The highest BCUT2D eigenvalue weighted by atomic mass is 35.5. The predicted molar refractivity (Wildman–Crippen MR) is 92.6 cm³/mol. The Morgan fingerprint density at radius 1 is 1.26 bits per heavy atom. The topological polar surface area (TPSA) is 58.2 Å². The number of amides is 2. The largest absolute Gasteiger partial charge is 0.350 e. The number of fused-ring (bicyclic) bond motifs is 1. The summed E-state index contributed by atoms with van der Waals surface area (Å²) < 4.78 is -1.20. The fraction of sp³-hybridized carbons (Fsp3) is 0.176. The zero-order valence-electron chi connectivity index (χ0n) is 12.4. The zero-order chi connectivity index (χ0) is 16.4. The van der Waals surface area contributed by atoms with Gasteiger partial charge in [0.2, 0.25) is 11.8 Å². The first-order valence-electron chi connectivity index (χ1n) is 7.11. The number of benzene rings is 2. The molecule has 1 aliphatic rings. The Hall–Kier alpha value is -1.98. The van der Waals surface area contributed by atoms with Crippen LogP contribution in [0.3, 0.4) is 0 Å². The maximum Gasteiger partial charge on any atom is 0.250 e. The van der Waals surface area contributed by atoms with Gasteiger partial charge in [-0.25, -0.2) is 0 Å². The molecule has 0 radical (unpaired) electrons. The van der Waals surface area contributed by atoms with E-state index >= 15 is 0 Å². The molecule has 1 heterocycles. The second kappa shape index (κ2) is 6.26. The SMILES string of the molecule is CC1(C(=O)NCc2cccc(Cl)c2)Sc2ccccc2NC1=O. The molecule has 2 amide bonds. The summed E-state index contributed by atoms with van der Waals surface area (Å²) in [5.74, 6) is -0.640. The lowest BCUT2D eigenvalue weighted by Crippen LogP contribution is -2.51. The van der Waals surface area contributed by atoms with E-state index < -0.39 is 4.75 Å². The fourth-order valence-corrected chi connectivity index (χ4v) is 3.65. The summed E-state index contributed by atoms with van der Waals surface area (Å²) in [6, 6.07) is 14.7. The van der Waals surface area contributed by atoms with Crippen LogP contribution in [-0.2, 0) is 16.1 Å². The van der Waals surface area contributed by atoms with Crippen molar-refractivity contribution >= 4 is 40.9 Å². The molecule has 0 bridgehead atoms. The lowest BCUT2D eigenvalue weighted by molar-refractivity contribution is -0.130. The van der Waals surface area contributed by atoms with Crippen molar-refractivity contribution in [2.75, 3.05) is 5.32 Å². The van der Waals surface area contributed by atoms with Gasteiger partial charge in [-0.3, -0.25) is 9.59 Å². The molecule has 118 valence electrons. The van der Waals surface area contributed by atoms with Crippen molar-refractivity contribution in [3.05, 3.63) is 59.1 Å². The van der Waals surface area contributed by atoms with Crippen molar-refractivity contribution in [3.8, 4) is 0 Å². The monoisotopic (exact) mass is 346 g/mol. The number of hydrogen-bond donors (Lipinski definition) is 2. The molecule has 2 aromatic carbocycles. The highest BCUT2D eigenvalue weighted by molar-refractivity contribution is 8.02. The molecule has 4 nitrogen and oxygen atoms in total. The van der Waals surface area contributed by atoms with Crippen LogP contribution in [-0.4, -0.2) is 16.6 Å². The number of para-hydroxylation sites is 1. The third-order valence-electron chi connectivity index (χ3n) is 3.66. The van der Waals surface area contributed by atoms with E-state index in [2.05, 4.69) is 10.6 Å². The van der Waals surface area contributed by atoms with E-state index in [1.807, 2.05) is 36.4 Å². The summed E-state index contributed by atoms with van der Waals surface area (Å²) in [5.41, 5.74) is 1.62. The molecular weight excluding hydrogens is 332 g/mol. The molecule has 0 aliphatic carbocycles. The van der Waals surface area contributed by atoms with Crippen molar-refractivity contribution in [2.24, 2.45) is 0 Å². The van der Waals surface area contributed by atoms with Gasteiger partial charge >= 0.3 is 0 Å². The van der Waals surface area contributed by atoms with Crippen LogP contribution in [0.2, 0.25) is 5.02 Å². The van der Waals surface area contributed by atoms with Gasteiger partial charge in [-0.05, 0) is 36.8 Å². The van der Waals surface area contributed by atoms with Crippen LogP contribution < -0.4 is 10.6 Å². The molecule has 1 unspecified atom stereocenters. The van der Waals surface area contributed by atoms with Gasteiger partial charge in [0.25, 0.3) is 0 Å². The first kappa shape index (κ1) is 15.9. The van der Waals surface area contributed by atoms with Crippen molar-refractivity contribution in [1.29, 1.82) is 0 Å². The van der Waals surface area contributed by atoms with E-state index in [0.29, 0.717) is 11.6 Å². The highest BCUT2D eigenvalue weighted by Crippen LogP contribution is 2.42. The van der Waals surface area contributed by atoms with Crippen LogP contribution in [0.25, 0.3) is 0 Å². The Morgan fingerprint density at radius 3 is 2.83 bits per heavy atom. The highest BCUT2D eigenvalue weighted by Gasteiger charge is 2.45. The third kappa shape index (κ3) is 3.21. The lowest BCUT2D eigenvalue weighted by atomic mass is 10.1. The van der Waals surface area contributed by atoms with E-state index in [1.165, 1.54) is 11.8 Å². The second-order valence-corrected chi connectivity index (χ2v) is 7.30. The quantitative estimate of drug-likeness (QED) is 0.837. The molecule has 0 spiro atoms. The van der Waals surface area contributed by atoms with Gasteiger partial charge in [0.1, 0.15) is 0 Å². The third-order valence-corrected chi connectivity index (χ3v) is 5.25. The summed E-state index contributed by atoms with van der Waals surface area (Å²) in [7, 11) is 0. The minimum absolute atomic E-state index is 0.315. The van der Waals surface area contributed by atoms with Gasteiger partial charge in [0.15, 0.2) is 4.75 Å². The van der Waals surface area contributed by atoms with Crippen molar-refractivity contribution in [3.63, 3.8) is 0 Å². The fourth-order valence-electron chi connectivity index (χ4n) is 2.31. The molecule has 2 N–H and O–H groups in total. The summed E-state index contributed by atoms with van der Waals surface area (Å²) in [6.45, 7) is 1.96. The van der Waals surface area contributed by atoms with Gasteiger partial charge in [-0.1, -0.05) is 47.6 Å². The standard InChI is InChI=1S/C17H15ClN2O2S/c1-17(15(21)19-10-11-5-4-6-12(18)9-11)16(22)20-13-7-2-3-8-14(13)23-17/h2-9H,10H2,1H3,(H,19,21)(H,20,22). The molecule has 23 heavy (non-hydrogen) atoms. The lowest BCUT2D eigenvalue weighted by Gasteiger charge is -2.31. The van der Waals surface area contributed by atoms with Gasteiger partial charge in [0.05, 0.1) is 5.69 Å². The smallest absolute Gasteiger partial charge is 0.250 e. The van der Waals surface area contributed by atoms with E-state index in [-0.39, 0.29) is 11.8 Å². The molecule has 3 rings (SSSR count). The van der Waals surface area contributed by atoms with Crippen LogP contribution in [0.15, 0.2) is 53.4 Å². The summed E-state index contributed by atoms with van der Waals surface area (Å²) in [6.07, 6.45) is 0. The Morgan fingerprint density at radius 2 is 2.04 bits per heavy atom. The molecule has 1 aliphatic heterocycles. The summed E-state index contributed by atoms with van der Waals surface area (Å²) in [5, 5.41) is 6.23. The number of anilines is 1. The maximum absolute atomic E-state index is 12.6.